The highest BCUT2D eigenvalue weighted by Crippen LogP contribution is 2.22. The van der Waals surface area contributed by atoms with E-state index in [1.54, 1.807) is 0 Å². The molecule has 4 N–H and O–H groups in total. The smallest absolute Gasteiger partial charge is 0.306 e. The molecule has 0 aromatic heterocycles. The molecule has 0 amide bonds. The number of rotatable bonds is 34. The number of hydrogen-bond acceptors (Lipinski definition) is 10. The lowest BCUT2D eigenvalue weighted by Gasteiger charge is -2.39. The van der Waals surface area contributed by atoms with E-state index in [9.17, 15) is 30.0 Å². The van der Waals surface area contributed by atoms with E-state index in [-0.39, 0.29) is 26.1 Å². The molecule has 0 aromatic rings. The van der Waals surface area contributed by atoms with Gasteiger partial charge in [-0.15, -0.1) is 0 Å². The Balaban J connectivity index is 2.38. The van der Waals surface area contributed by atoms with Crippen molar-refractivity contribution < 1.29 is 49.0 Å². The van der Waals surface area contributed by atoms with Gasteiger partial charge in [-0.25, -0.2) is 0 Å². The third-order valence-electron chi connectivity index (χ3n) is 9.39. The highest BCUT2D eigenvalue weighted by molar-refractivity contribution is 5.70. The van der Waals surface area contributed by atoms with E-state index in [4.69, 9.17) is 18.9 Å². The third kappa shape index (κ3) is 27.6. The van der Waals surface area contributed by atoms with Crippen molar-refractivity contribution in [3.8, 4) is 0 Å². The molecule has 1 aliphatic heterocycles. The summed E-state index contributed by atoms with van der Waals surface area (Å²) in [7, 11) is 0. The van der Waals surface area contributed by atoms with Crippen molar-refractivity contribution in [3.05, 3.63) is 60.8 Å². The Labute approximate surface area is 332 Å². The lowest BCUT2D eigenvalue weighted by molar-refractivity contribution is -0.305. The van der Waals surface area contributed by atoms with Gasteiger partial charge in [0.1, 0.15) is 31.0 Å². The van der Waals surface area contributed by atoms with Crippen LogP contribution >= 0.6 is 0 Å². The van der Waals surface area contributed by atoms with Gasteiger partial charge in [0.05, 0.1) is 13.2 Å². The van der Waals surface area contributed by atoms with E-state index in [2.05, 4.69) is 74.6 Å². The van der Waals surface area contributed by atoms with Crippen LogP contribution in [0.4, 0.5) is 0 Å². The third-order valence-corrected chi connectivity index (χ3v) is 9.39. The second-order valence-electron chi connectivity index (χ2n) is 14.4. The van der Waals surface area contributed by atoms with Crippen LogP contribution in [-0.2, 0) is 28.5 Å². The lowest BCUT2D eigenvalue weighted by atomic mass is 9.99. The Hall–Kier alpha value is -2.60. The summed E-state index contributed by atoms with van der Waals surface area (Å²) in [5, 5.41) is 40.0. The standard InChI is InChI=1S/C45H76O10/c1-3-5-7-9-11-13-15-17-19-21-23-25-27-29-31-33-40(47)52-36-38(37-53-45-44(51)43(50)42(49)39(35-46)55-45)54-41(48)34-32-30-28-26-24-22-20-18-16-14-12-10-8-6-4-2/h6,8,11-14,17-20,38-39,42-46,49-51H,3-5,7,9-10,15-16,21-37H2,1-2H3/b8-6-,13-11-,14-12-,19-17-,20-18-/t38?,39-,42+,43+,44-,45-/m1/s1. The van der Waals surface area contributed by atoms with E-state index in [0.29, 0.717) is 12.8 Å². The highest BCUT2D eigenvalue weighted by atomic mass is 16.7. The van der Waals surface area contributed by atoms with Crippen molar-refractivity contribution in [3.63, 3.8) is 0 Å². The first-order valence-electron chi connectivity index (χ1n) is 21.4. The van der Waals surface area contributed by atoms with Crippen LogP contribution in [0.5, 0.6) is 0 Å². The Kier molecular flexibility index (Phi) is 32.8. The molecule has 0 saturated carbocycles. The fourth-order valence-corrected chi connectivity index (χ4v) is 6.00. The lowest BCUT2D eigenvalue weighted by Crippen LogP contribution is -2.59. The van der Waals surface area contributed by atoms with Crippen LogP contribution in [0, 0.1) is 0 Å². The van der Waals surface area contributed by atoms with Gasteiger partial charge in [-0.2, -0.15) is 0 Å². The minimum absolute atomic E-state index is 0.205. The van der Waals surface area contributed by atoms with Crippen LogP contribution < -0.4 is 0 Å². The minimum Gasteiger partial charge on any atom is -0.462 e. The monoisotopic (exact) mass is 777 g/mol. The Morgan fingerprint density at radius 2 is 1.07 bits per heavy atom. The minimum atomic E-state index is -1.60. The van der Waals surface area contributed by atoms with Crippen molar-refractivity contribution in [1.29, 1.82) is 0 Å². The fraction of sp³-hybridized carbons (Fsp3) is 0.733. The van der Waals surface area contributed by atoms with E-state index in [1.165, 1.54) is 25.7 Å². The normalized spacial score (nSPS) is 21.2. The van der Waals surface area contributed by atoms with Crippen LogP contribution in [0.2, 0.25) is 0 Å². The number of carbonyl (C=O) groups is 2. The first-order chi connectivity index (χ1) is 26.8. The summed E-state index contributed by atoms with van der Waals surface area (Å²) in [6, 6.07) is 0. The van der Waals surface area contributed by atoms with Gasteiger partial charge in [0, 0.05) is 12.8 Å². The van der Waals surface area contributed by atoms with E-state index < -0.39 is 55.4 Å². The van der Waals surface area contributed by atoms with E-state index >= 15 is 0 Å². The number of aliphatic hydroxyl groups is 4. The van der Waals surface area contributed by atoms with Crippen molar-refractivity contribution in [2.75, 3.05) is 19.8 Å². The molecule has 1 saturated heterocycles. The zero-order valence-corrected chi connectivity index (χ0v) is 34.2. The second-order valence-corrected chi connectivity index (χ2v) is 14.4. The molecule has 0 aliphatic carbocycles. The molecule has 1 aliphatic rings. The molecule has 10 heteroatoms. The zero-order chi connectivity index (χ0) is 40.2. The second kappa shape index (κ2) is 35.8. The van der Waals surface area contributed by atoms with Gasteiger partial charge in [-0.3, -0.25) is 9.59 Å². The van der Waals surface area contributed by atoms with Gasteiger partial charge < -0.3 is 39.4 Å². The molecule has 0 aromatic carbocycles. The van der Waals surface area contributed by atoms with Gasteiger partial charge in [-0.1, -0.05) is 126 Å². The molecule has 0 spiro atoms. The number of carbonyl (C=O) groups excluding carboxylic acids is 2. The zero-order valence-electron chi connectivity index (χ0n) is 34.2. The molecular weight excluding hydrogens is 700 g/mol. The van der Waals surface area contributed by atoms with Crippen LogP contribution in [0.25, 0.3) is 0 Å². The summed E-state index contributed by atoms with van der Waals surface area (Å²) in [6.45, 7) is 3.23. The summed E-state index contributed by atoms with van der Waals surface area (Å²) in [5.41, 5.74) is 0. The largest absolute Gasteiger partial charge is 0.462 e. The SMILES string of the molecule is CC/C=C\C/C=C\C/C=C\CCCCCCCC(=O)OC(COC(=O)CCCCCCC/C=C\C/C=C\CCCCC)CO[C@@H]1O[C@H](CO)[C@H](O)[C@H](O)[C@H]1O. The summed E-state index contributed by atoms with van der Waals surface area (Å²) in [5.74, 6) is -0.848. The molecule has 10 nitrogen and oxygen atoms in total. The van der Waals surface area contributed by atoms with Gasteiger partial charge in [0.25, 0.3) is 0 Å². The summed E-state index contributed by atoms with van der Waals surface area (Å²) >= 11 is 0. The predicted molar refractivity (Wildman–Crippen MR) is 219 cm³/mol. The Morgan fingerprint density at radius 1 is 0.582 bits per heavy atom. The quantitative estimate of drug-likeness (QED) is 0.0284. The summed E-state index contributed by atoms with van der Waals surface area (Å²) < 4.78 is 22.1. The predicted octanol–water partition coefficient (Wildman–Crippen LogP) is 8.66. The maximum absolute atomic E-state index is 12.7. The van der Waals surface area contributed by atoms with Gasteiger partial charge in [-0.05, 0) is 77.0 Å². The number of ether oxygens (including phenoxy) is 4. The summed E-state index contributed by atoms with van der Waals surface area (Å²) in [4.78, 5) is 25.3. The van der Waals surface area contributed by atoms with Crippen molar-refractivity contribution >= 4 is 11.9 Å². The number of aliphatic hydroxyl groups excluding tert-OH is 4. The molecule has 1 rings (SSSR count). The molecule has 1 heterocycles. The van der Waals surface area contributed by atoms with Crippen LogP contribution in [0.1, 0.15) is 155 Å². The van der Waals surface area contributed by atoms with Gasteiger partial charge in [0.15, 0.2) is 12.4 Å². The van der Waals surface area contributed by atoms with Crippen LogP contribution in [0.15, 0.2) is 60.8 Å². The molecule has 316 valence electrons. The molecule has 1 unspecified atom stereocenters. The van der Waals surface area contributed by atoms with E-state index in [1.807, 2.05) is 0 Å². The van der Waals surface area contributed by atoms with Crippen LogP contribution in [0.3, 0.4) is 0 Å². The molecule has 0 radical (unpaired) electrons. The van der Waals surface area contributed by atoms with Crippen molar-refractivity contribution in [1.82, 2.24) is 0 Å². The van der Waals surface area contributed by atoms with Crippen molar-refractivity contribution in [2.24, 2.45) is 0 Å². The van der Waals surface area contributed by atoms with Crippen LogP contribution in [-0.4, -0.2) is 89.0 Å². The summed E-state index contributed by atoms with van der Waals surface area (Å²) in [6.07, 6.45) is 35.1. The number of allylic oxidation sites excluding steroid dienone is 10. The molecule has 0 bridgehead atoms. The number of hydrogen-bond donors (Lipinski definition) is 4. The molecule has 55 heavy (non-hydrogen) atoms. The average Bonchev–Trinajstić information content (AvgIpc) is 3.18. The first kappa shape index (κ1) is 50.4. The Morgan fingerprint density at radius 3 is 1.62 bits per heavy atom. The number of esters is 2. The highest BCUT2D eigenvalue weighted by Gasteiger charge is 2.44. The average molecular weight is 777 g/mol. The number of unbranched alkanes of at least 4 members (excludes halogenated alkanes) is 13. The van der Waals surface area contributed by atoms with Crippen molar-refractivity contribution in [2.45, 2.75) is 192 Å². The van der Waals surface area contributed by atoms with E-state index in [0.717, 1.165) is 89.9 Å². The Bertz CT molecular complexity index is 1080. The molecular formula is C45H76O10. The maximum atomic E-state index is 12.7. The van der Waals surface area contributed by atoms with Gasteiger partial charge >= 0.3 is 11.9 Å². The maximum Gasteiger partial charge on any atom is 0.306 e. The molecule has 1 fully saturated rings. The van der Waals surface area contributed by atoms with Gasteiger partial charge in [0.2, 0.25) is 0 Å². The molecule has 6 atom stereocenters. The topological polar surface area (TPSA) is 152 Å². The fourth-order valence-electron chi connectivity index (χ4n) is 6.00. The first-order valence-corrected chi connectivity index (χ1v) is 21.4.